The zero-order chi connectivity index (χ0) is 23.7. The van der Waals surface area contributed by atoms with Crippen molar-refractivity contribution in [1.29, 1.82) is 0 Å². The molecule has 2 amide bonds. The maximum atomic E-state index is 13.5. The number of likely N-dealkylation sites (tertiary alicyclic amines) is 1. The number of rotatable bonds is 8. The lowest BCUT2D eigenvalue weighted by Crippen LogP contribution is -2.52. The van der Waals surface area contributed by atoms with E-state index in [1.807, 2.05) is 40.8 Å². The van der Waals surface area contributed by atoms with Gasteiger partial charge in [-0.1, -0.05) is 18.2 Å². The van der Waals surface area contributed by atoms with Gasteiger partial charge in [0.25, 0.3) is 0 Å². The fraction of sp³-hybridized carbons (Fsp3) is 0.538. The lowest BCUT2D eigenvalue weighted by atomic mass is 9.72. The topological polar surface area (TPSA) is 74.8 Å². The van der Waals surface area contributed by atoms with Gasteiger partial charge in [0.05, 0.1) is 11.4 Å². The van der Waals surface area contributed by atoms with Crippen LogP contribution >= 0.6 is 0 Å². The molecule has 3 atom stereocenters. The Morgan fingerprint density at radius 1 is 1.27 bits per heavy atom. The molecule has 2 N–H and O–H groups in total. The average Bonchev–Trinajstić information content (AvgIpc) is 3.16. The SMILES string of the molecule is C=CCN1CC(C(N)=O)CC2c3cccc4c3c(cn4C(=O)N(CC)CCCN(C)C)CC21. The summed E-state index contributed by atoms with van der Waals surface area (Å²) in [4.78, 5) is 32.1. The van der Waals surface area contributed by atoms with Crippen molar-refractivity contribution in [2.75, 3.05) is 46.8 Å². The van der Waals surface area contributed by atoms with Crippen LogP contribution in [0.3, 0.4) is 0 Å². The number of piperidine rings is 1. The molecule has 2 aliphatic rings. The third-order valence-corrected chi connectivity index (χ3v) is 7.35. The number of nitrogens with two attached hydrogens (primary N) is 1. The van der Waals surface area contributed by atoms with E-state index in [1.165, 1.54) is 16.5 Å². The van der Waals surface area contributed by atoms with Crippen molar-refractivity contribution >= 4 is 22.8 Å². The third-order valence-electron chi connectivity index (χ3n) is 7.35. The van der Waals surface area contributed by atoms with Crippen LogP contribution in [-0.4, -0.2) is 84.1 Å². The van der Waals surface area contributed by atoms with Crippen LogP contribution in [0.2, 0.25) is 0 Å². The standard InChI is InChI=1S/C26H37N5O2/c1-5-11-30-16-19(25(27)32)14-21-20-9-7-10-22-24(20)18(15-23(21)30)17-31(22)26(33)29(6-2)13-8-12-28(3)4/h5,7,9-10,17,19,21,23H,1,6,8,11-16H2,2-4H3,(H2,27,32). The molecule has 1 fully saturated rings. The highest BCUT2D eigenvalue weighted by Gasteiger charge is 2.42. The van der Waals surface area contributed by atoms with Crippen LogP contribution in [0.1, 0.15) is 36.8 Å². The molecular formula is C26H37N5O2. The van der Waals surface area contributed by atoms with Crippen LogP contribution in [-0.2, 0) is 11.2 Å². The average molecular weight is 452 g/mol. The Bertz CT molecular complexity index is 1040. The number of hydrogen-bond acceptors (Lipinski definition) is 4. The van der Waals surface area contributed by atoms with Gasteiger partial charge in [-0.05, 0) is 64.0 Å². The first-order chi connectivity index (χ1) is 15.8. The number of amides is 2. The van der Waals surface area contributed by atoms with Gasteiger partial charge < -0.3 is 15.5 Å². The number of fused-ring (bicyclic) bond motifs is 2. The summed E-state index contributed by atoms with van der Waals surface area (Å²) in [5.74, 6) is -0.177. The van der Waals surface area contributed by atoms with Gasteiger partial charge in [0.15, 0.2) is 0 Å². The molecule has 0 radical (unpaired) electrons. The molecule has 1 aromatic carbocycles. The molecule has 1 aliphatic carbocycles. The zero-order valence-electron chi connectivity index (χ0n) is 20.2. The number of benzene rings is 1. The third kappa shape index (κ3) is 4.44. The first-order valence-corrected chi connectivity index (χ1v) is 12.1. The van der Waals surface area contributed by atoms with Crippen molar-refractivity contribution in [3.8, 4) is 0 Å². The Morgan fingerprint density at radius 3 is 2.73 bits per heavy atom. The van der Waals surface area contributed by atoms with E-state index in [9.17, 15) is 9.59 Å². The van der Waals surface area contributed by atoms with Gasteiger partial charge in [-0.25, -0.2) is 4.79 Å². The second-order valence-corrected chi connectivity index (χ2v) is 9.74. The predicted molar refractivity (Wildman–Crippen MR) is 132 cm³/mol. The monoisotopic (exact) mass is 451 g/mol. The number of carbonyl (C=O) groups excluding carboxylic acids is 2. The van der Waals surface area contributed by atoms with Crippen molar-refractivity contribution in [1.82, 2.24) is 19.3 Å². The van der Waals surface area contributed by atoms with Crippen LogP contribution in [0.25, 0.3) is 10.9 Å². The molecule has 3 unspecified atom stereocenters. The first kappa shape index (κ1) is 23.5. The molecular weight excluding hydrogens is 414 g/mol. The van der Waals surface area contributed by atoms with E-state index in [1.54, 1.807) is 0 Å². The Labute approximate surface area is 196 Å². The Hall–Kier alpha value is -2.64. The quantitative estimate of drug-likeness (QED) is 0.627. The highest BCUT2D eigenvalue weighted by Crippen LogP contribution is 2.45. The molecule has 7 heteroatoms. The molecule has 2 aromatic rings. The Kier molecular flexibility index (Phi) is 6.91. The number of primary amides is 1. The van der Waals surface area contributed by atoms with Crippen LogP contribution < -0.4 is 5.73 Å². The Balaban J connectivity index is 1.70. The molecule has 178 valence electrons. The molecule has 1 saturated heterocycles. The lowest BCUT2D eigenvalue weighted by molar-refractivity contribution is -0.124. The molecule has 0 spiro atoms. The van der Waals surface area contributed by atoms with Crippen molar-refractivity contribution < 1.29 is 9.59 Å². The van der Waals surface area contributed by atoms with Crippen molar-refractivity contribution in [2.24, 2.45) is 11.7 Å². The lowest BCUT2D eigenvalue weighted by Gasteiger charge is -2.46. The van der Waals surface area contributed by atoms with Gasteiger partial charge in [-0.3, -0.25) is 14.3 Å². The van der Waals surface area contributed by atoms with E-state index in [-0.39, 0.29) is 29.8 Å². The van der Waals surface area contributed by atoms with Gasteiger partial charge in [0.1, 0.15) is 0 Å². The minimum absolute atomic E-state index is 0.0347. The van der Waals surface area contributed by atoms with Crippen LogP contribution in [0.5, 0.6) is 0 Å². The molecule has 0 saturated carbocycles. The second kappa shape index (κ2) is 9.69. The van der Waals surface area contributed by atoms with Crippen LogP contribution in [0.15, 0.2) is 37.1 Å². The summed E-state index contributed by atoms with van der Waals surface area (Å²) in [7, 11) is 4.11. The van der Waals surface area contributed by atoms with E-state index in [4.69, 9.17) is 5.73 Å². The zero-order valence-corrected chi connectivity index (χ0v) is 20.2. The van der Waals surface area contributed by atoms with Gasteiger partial charge in [0, 0.05) is 49.7 Å². The Morgan fingerprint density at radius 2 is 2.06 bits per heavy atom. The summed E-state index contributed by atoms with van der Waals surface area (Å²) in [5.41, 5.74) is 9.16. The fourth-order valence-electron chi connectivity index (χ4n) is 5.76. The van der Waals surface area contributed by atoms with Crippen LogP contribution in [0, 0.1) is 5.92 Å². The van der Waals surface area contributed by atoms with Crippen molar-refractivity contribution in [3.63, 3.8) is 0 Å². The van der Waals surface area contributed by atoms with Gasteiger partial charge >= 0.3 is 6.03 Å². The summed E-state index contributed by atoms with van der Waals surface area (Å²) in [6.07, 6.45) is 6.52. The molecule has 33 heavy (non-hydrogen) atoms. The number of hydrogen-bond donors (Lipinski definition) is 1. The van der Waals surface area contributed by atoms with E-state index in [0.29, 0.717) is 13.1 Å². The van der Waals surface area contributed by atoms with E-state index in [2.05, 4.69) is 36.5 Å². The minimum Gasteiger partial charge on any atom is -0.369 e. The summed E-state index contributed by atoms with van der Waals surface area (Å²) in [6, 6.07) is 6.57. The normalized spacial score (nSPS) is 22.4. The summed E-state index contributed by atoms with van der Waals surface area (Å²) in [5, 5.41) is 1.18. The largest absolute Gasteiger partial charge is 0.369 e. The van der Waals surface area contributed by atoms with E-state index < -0.39 is 0 Å². The van der Waals surface area contributed by atoms with Gasteiger partial charge in [-0.15, -0.1) is 6.58 Å². The van der Waals surface area contributed by atoms with Gasteiger partial charge in [0.2, 0.25) is 5.91 Å². The van der Waals surface area contributed by atoms with E-state index >= 15 is 0 Å². The number of aromatic nitrogens is 1. The first-order valence-electron chi connectivity index (χ1n) is 12.1. The van der Waals surface area contributed by atoms with E-state index in [0.717, 1.165) is 44.4 Å². The molecule has 1 aromatic heterocycles. The minimum atomic E-state index is -0.232. The summed E-state index contributed by atoms with van der Waals surface area (Å²) >= 11 is 0. The highest BCUT2D eigenvalue weighted by molar-refractivity contribution is 5.96. The summed E-state index contributed by atoms with van der Waals surface area (Å²) < 4.78 is 1.84. The number of carbonyl (C=O) groups is 2. The smallest absolute Gasteiger partial charge is 0.328 e. The maximum Gasteiger partial charge on any atom is 0.328 e. The molecule has 4 rings (SSSR count). The van der Waals surface area contributed by atoms with Crippen molar-refractivity contribution in [3.05, 3.63) is 48.2 Å². The second-order valence-electron chi connectivity index (χ2n) is 9.74. The van der Waals surface area contributed by atoms with Gasteiger partial charge in [-0.2, -0.15) is 0 Å². The predicted octanol–water partition coefficient (Wildman–Crippen LogP) is 2.88. The number of nitrogens with zero attached hydrogens (tertiary/aromatic N) is 4. The van der Waals surface area contributed by atoms with Crippen molar-refractivity contribution in [2.45, 2.75) is 38.1 Å². The molecule has 2 heterocycles. The molecule has 1 aliphatic heterocycles. The fourth-order valence-corrected chi connectivity index (χ4v) is 5.76. The van der Waals surface area contributed by atoms with Crippen LogP contribution in [0.4, 0.5) is 4.79 Å². The summed E-state index contributed by atoms with van der Waals surface area (Å²) in [6.45, 7) is 9.73. The molecule has 7 nitrogen and oxygen atoms in total. The molecule has 0 bridgehead atoms. The highest BCUT2D eigenvalue weighted by atomic mass is 16.2. The maximum absolute atomic E-state index is 13.5.